The number of hydrogen-bond donors (Lipinski definition) is 1. The van der Waals surface area contributed by atoms with Gasteiger partial charge in [0.25, 0.3) is 11.6 Å². The Labute approximate surface area is 168 Å². The third-order valence-corrected chi connectivity index (χ3v) is 5.27. The topological polar surface area (TPSA) is 93.9 Å². The molecule has 152 valence electrons. The van der Waals surface area contributed by atoms with E-state index < -0.39 is 10.8 Å². The lowest BCUT2D eigenvalue weighted by atomic mass is 9.91. The maximum Gasteiger partial charge on any atom is 0.293 e. The second kappa shape index (κ2) is 7.62. The summed E-state index contributed by atoms with van der Waals surface area (Å²) < 4.78 is 10.6. The molecule has 2 atom stereocenters. The van der Waals surface area contributed by atoms with Crippen molar-refractivity contribution in [2.45, 2.75) is 20.3 Å². The van der Waals surface area contributed by atoms with Crippen LogP contribution in [0.1, 0.15) is 30.6 Å². The van der Waals surface area contributed by atoms with Crippen LogP contribution < -0.4 is 19.7 Å². The number of nitro groups is 1. The van der Waals surface area contributed by atoms with Crippen LogP contribution in [0.25, 0.3) is 0 Å². The van der Waals surface area contributed by atoms with Crippen molar-refractivity contribution in [3.05, 3.63) is 52.1 Å². The quantitative estimate of drug-likeness (QED) is 0.618. The van der Waals surface area contributed by atoms with Gasteiger partial charge in [-0.25, -0.2) is 0 Å². The molecule has 0 aromatic heterocycles. The van der Waals surface area contributed by atoms with Gasteiger partial charge in [0, 0.05) is 36.5 Å². The summed E-state index contributed by atoms with van der Waals surface area (Å²) >= 11 is 0. The summed E-state index contributed by atoms with van der Waals surface area (Å²) in [6.45, 7) is 6.00. The number of amides is 1. The van der Waals surface area contributed by atoms with E-state index in [0.29, 0.717) is 34.7 Å². The molecular weight excluding hydrogens is 374 g/mol. The van der Waals surface area contributed by atoms with E-state index in [2.05, 4.69) is 24.1 Å². The zero-order valence-corrected chi connectivity index (χ0v) is 16.4. The minimum absolute atomic E-state index is 0.0513. The Bertz CT molecular complexity index is 951. The summed E-state index contributed by atoms with van der Waals surface area (Å²) in [6.07, 6.45) is 1.11. The van der Waals surface area contributed by atoms with E-state index in [-0.39, 0.29) is 18.0 Å². The molecular formula is C21H23N3O5. The highest BCUT2D eigenvalue weighted by Gasteiger charge is 2.28. The molecule has 2 aromatic rings. The van der Waals surface area contributed by atoms with Crippen molar-refractivity contribution in [3.63, 3.8) is 0 Å². The molecule has 0 radical (unpaired) electrons. The molecule has 8 nitrogen and oxygen atoms in total. The molecule has 0 saturated carbocycles. The zero-order valence-electron chi connectivity index (χ0n) is 16.4. The maximum atomic E-state index is 12.7. The summed E-state index contributed by atoms with van der Waals surface area (Å²) in [4.78, 5) is 26.0. The molecule has 0 bridgehead atoms. The second-order valence-electron chi connectivity index (χ2n) is 7.83. The lowest BCUT2D eigenvalue weighted by Crippen LogP contribution is -2.39. The number of rotatable bonds is 4. The van der Waals surface area contributed by atoms with Crippen molar-refractivity contribution in [2.24, 2.45) is 11.8 Å². The molecule has 8 heteroatoms. The molecule has 0 aliphatic carbocycles. The normalized spacial score (nSPS) is 20.4. The van der Waals surface area contributed by atoms with Crippen molar-refractivity contribution >= 4 is 23.0 Å². The van der Waals surface area contributed by atoms with E-state index >= 15 is 0 Å². The first kappa shape index (κ1) is 19.0. The van der Waals surface area contributed by atoms with Gasteiger partial charge in [0.2, 0.25) is 6.79 Å². The Hall–Kier alpha value is -3.29. The van der Waals surface area contributed by atoms with Crippen molar-refractivity contribution in [1.82, 2.24) is 0 Å². The van der Waals surface area contributed by atoms with Gasteiger partial charge in [-0.05, 0) is 42.5 Å². The third-order valence-electron chi connectivity index (χ3n) is 5.27. The monoisotopic (exact) mass is 397 g/mol. The highest BCUT2D eigenvalue weighted by Crippen LogP contribution is 2.36. The molecule has 2 heterocycles. The number of nitrogens with zero attached hydrogens (tertiary/aromatic N) is 2. The summed E-state index contributed by atoms with van der Waals surface area (Å²) in [5.41, 5.74) is 1.28. The van der Waals surface area contributed by atoms with Crippen molar-refractivity contribution in [2.75, 3.05) is 30.1 Å². The standard InChI is InChI=1S/C21H23N3O5/c1-13-7-14(2)11-23(10-13)17-5-3-15(8-18(17)24(26)27)21(25)22-16-4-6-19-20(9-16)29-12-28-19/h3-6,8-9,13-14H,7,10-12H2,1-2H3,(H,22,25). The molecule has 1 N–H and O–H groups in total. The lowest BCUT2D eigenvalue weighted by Gasteiger charge is -2.36. The second-order valence-corrected chi connectivity index (χ2v) is 7.83. The van der Waals surface area contributed by atoms with E-state index in [0.717, 1.165) is 19.5 Å². The predicted octanol–water partition coefficient (Wildman–Crippen LogP) is 4.06. The average molecular weight is 397 g/mol. The van der Waals surface area contributed by atoms with E-state index in [1.165, 1.54) is 6.07 Å². The highest BCUT2D eigenvalue weighted by atomic mass is 16.7. The van der Waals surface area contributed by atoms with Gasteiger partial charge < -0.3 is 19.7 Å². The van der Waals surface area contributed by atoms with Gasteiger partial charge in [-0.3, -0.25) is 14.9 Å². The Morgan fingerprint density at radius 3 is 2.55 bits per heavy atom. The van der Waals surface area contributed by atoms with Gasteiger partial charge in [0.15, 0.2) is 11.5 Å². The van der Waals surface area contributed by atoms with Gasteiger partial charge >= 0.3 is 0 Å². The largest absolute Gasteiger partial charge is 0.454 e. The van der Waals surface area contributed by atoms with Crippen molar-refractivity contribution in [1.29, 1.82) is 0 Å². The Morgan fingerprint density at radius 1 is 1.10 bits per heavy atom. The number of anilines is 2. The fraction of sp³-hybridized carbons (Fsp3) is 0.381. The van der Waals surface area contributed by atoms with E-state index in [9.17, 15) is 14.9 Å². The fourth-order valence-electron chi connectivity index (χ4n) is 4.12. The summed E-state index contributed by atoms with van der Waals surface area (Å²) in [7, 11) is 0. The fourth-order valence-corrected chi connectivity index (χ4v) is 4.12. The first-order valence-corrected chi connectivity index (χ1v) is 9.65. The number of piperidine rings is 1. The Morgan fingerprint density at radius 2 is 1.83 bits per heavy atom. The molecule has 4 rings (SSSR count). The number of carbonyl (C=O) groups excluding carboxylic acids is 1. The number of carbonyl (C=O) groups is 1. The Kier molecular flexibility index (Phi) is 5.00. The first-order valence-electron chi connectivity index (χ1n) is 9.65. The van der Waals surface area contributed by atoms with Crippen LogP contribution >= 0.6 is 0 Å². The van der Waals surface area contributed by atoms with Crippen LogP contribution in [0.2, 0.25) is 0 Å². The van der Waals surface area contributed by atoms with Crippen LogP contribution in [0.3, 0.4) is 0 Å². The molecule has 1 saturated heterocycles. The molecule has 2 unspecified atom stereocenters. The van der Waals surface area contributed by atoms with Crippen LogP contribution in [0.5, 0.6) is 11.5 Å². The van der Waals surface area contributed by atoms with E-state index in [1.807, 2.05) is 0 Å². The minimum atomic E-state index is -0.420. The Balaban J connectivity index is 1.57. The van der Waals surface area contributed by atoms with Crippen LogP contribution in [0, 0.1) is 22.0 Å². The predicted molar refractivity (Wildman–Crippen MR) is 109 cm³/mol. The molecule has 29 heavy (non-hydrogen) atoms. The summed E-state index contributed by atoms with van der Waals surface area (Å²) in [5, 5.41) is 14.5. The van der Waals surface area contributed by atoms with Crippen molar-refractivity contribution < 1.29 is 19.2 Å². The van der Waals surface area contributed by atoms with E-state index in [4.69, 9.17) is 9.47 Å². The molecule has 2 aromatic carbocycles. The number of benzene rings is 2. The zero-order chi connectivity index (χ0) is 20.5. The number of hydrogen-bond acceptors (Lipinski definition) is 6. The average Bonchev–Trinajstić information content (AvgIpc) is 3.14. The smallest absolute Gasteiger partial charge is 0.293 e. The molecule has 1 amide bonds. The number of nitro benzene ring substituents is 1. The van der Waals surface area contributed by atoms with Crippen LogP contribution in [-0.2, 0) is 0 Å². The van der Waals surface area contributed by atoms with Gasteiger partial charge in [0.1, 0.15) is 5.69 Å². The highest BCUT2D eigenvalue weighted by molar-refractivity contribution is 6.05. The van der Waals surface area contributed by atoms with E-state index in [1.54, 1.807) is 30.3 Å². The molecule has 2 aliphatic heterocycles. The summed E-state index contributed by atoms with van der Waals surface area (Å²) in [6, 6.07) is 9.74. The van der Waals surface area contributed by atoms with Crippen LogP contribution in [0.4, 0.5) is 17.1 Å². The summed E-state index contributed by atoms with van der Waals surface area (Å²) in [5.74, 6) is 1.68. The SMILES string of the molecule is CC1CC(C)CN(c2ccc(C(=O)Nc3ccc4c(c3)OCO4)cc2[N+](=O)[O-])C1. The minimum Gasteiger partial charge on any atom is -0.454 e. The number of fused-ring (bicyclic) bond motifs is 1. The van der Waals surface area contributed by atoms with Crippen molar-refractivity contribution in [3.8, 4) is 11.5 Å². The van der Waals surface area contributed by atoms with Gasteiger partial charge in [-0.15, -0.1) is 0 Å². The van der Waals surface area contributed by atoms with Crippen LogP contribution in [-0.4, -0.2) is 30.7 Å². The van der Waals surface area contributed by atoms with Gasteiger partial charge in [-0.2, -0.15) is 0 Å². The van der Waals surface area contributed by atoms with Gasteiger partial charge in [-0.1, -0.05) is 13.8 Å². The molecule has 1 fully saturated rings. The van der Waals surface area contributed by atoms with Crippen LogP contribution in [0.15, 0.2) is 36.4 Å². The maximum absolute atomic E-state index is 12.7. The number of nitrogens with one attached hydrogen (secondary N) is 1. The molecule has 2 aliphatic rings. The van der Waals surface area contributed by atoms with Gasteiger partial charge in [0.05, 0.1) is 4.92 Å². The number of ether oxygens (including phenoxy) is 2. The lowest BCUT2D eigenvalue weighted by molar-refractivity contribution is -0.384. The molecule has 0 spiro atoms. The first-order chi connectivity index (χ1) is 13.9. The third kappa shape index (κ3) is 3.96.